The summed E-state index contributed by atoms with van der Waals surface area (Å²) in [5.41, 5.74) is 0.333. The highest BCUT2D eigenvalue weighted by molar-refractivity contribution is 7.12. The quantitative estimate of drug-likeness (QED) is 0.870. The molecule has 138 valence electrons. The summed E-state index contributed by atoms with van der Waals surface area (Å²) < 4.78 is 40.3. The van der Waals surface area contributed by atoms with Crippen molar-refractivity contribution >= 4 is 28.8 Å². The number of benzene rings is 1. The Morgan fingerprint density at radius 1 is 1.19 bits per heavy atom. The predicted octanol–water partition coefficient (Wildman–Crippen LogP) is 3.89. The number of hydrogen-bond donors (Lipinski definition) is 1. The summed E-state index contributed by atoms with van der Waals surface area (Å²) in [5.74, 6) is -0.922. The van der Waals surface area contributed by atoms with Gasteiger partial charge in [0.1, 0.15) is 11.8 Å². The molecule has 0 aliphatic carbocycles. The molecule has 2 heterocycles. The molecule has 1 aromatic carbocycles. The molecular formula is C17H15F3N2O3S. The number of thiophene rings is 1. The first-order valence-electron chi connectivity index (χ1n) is 7.84. The molecule has 1 aliphatic rings. The standard InChI is InChI=1S/C17H15F3N2O3S/c18-17(19,20)25-12-7-5-11(6-8-12)21-15(23)13-3-1-9-22(13)16(24)14-4-2-10-26-14/h2,4-8,10,13H,1,3,9H2,(H,21,23)/t13-/m0/s1. The van der Waals surface area contributed by atoms with Gasteiger partial charge < -0.3 is 15.0 Å². The first kappa shape index (κ1) is 18.2. The van der Waals surface area contributed by atoms with E-state index in [0.29, 0.717) is 30.0 Å². The van der Waals surface area contributed by atoms with Gasteiger partial charge in [0.2, 0.25) is 5.91 Å². The monoisotopic (exact) mass is 384 g/mol. The Bertz CT molecular complexity index is 776. The van der Waals surface area contributed by atoms with Gasteiger partial charge in [-0.2, -0.15) is 0 Å². The number of likely N-dealkylation sites (tertiary alicyclic amines) is 1. The Balaban J connectivity index is 1.64. The van der Waals surface area contributed by atoms with Crippen LogP contribution in [0.5, 0.6) is 5.75 Å². The van der Waals surface area contributed by atoms with Crippen molar-refractivity contribution in [3.05, 3.63) is 46.7 Å². The molecule has 1 aromatic heterocycles. The van der Waals surface area contributed by atoms with Gasteiger partial charge in [-0.3, -0.25) is 9.59 Å². The van der Waals surface area contributed by atoms with Crippen LogP contribution in [0.3, 0.4) is 0 Å². The summed E-state index contributed by atoms with van der Waals surface area (Å²) in [6, 6.07) is 7.75. The summed E-state index contributed by atoms with van der Waals surface area (Å²) in [5, 5.41) is 4.43. The number of carbonyl (C=O) groups is 2. The third-order valence-electron chi connectivity index (χ3n) is 3.90. The van der Waals surface area contributed by atoms with Crippen molar-refractivity contribution in [1.29, 1.82) is 0 Å². The van der Waals surface area contributed by atoms with E-state index in [2.05, 4.69) is 10.1 Å². The molecule has 2 amide bonds. The second-order valence-corrected chi connectivity index (χ2v) is 6.64. The fraction of sp³-hybridized carbons (Fsp3) is 0.294. The first-order chi connectivity index (χ1) is 12.3. The molecule has 0 radical (unpaired) electrons. The van der Waals surface area contributed by atoms with Crippen molar-refractivity contribution < 1.29 is 27.5 Å². The van der Waals surface area contributed by atoms with E-state index in [1.165, 1.54) is 28.4 Å². The lowest BCUT2D eigenvalue weighted by Crippen LogP contribution is -2.42. The molecule has 9 heteroatoms. The molecule has 2 aromatic rings. The highest BCUT2D eigenvalue weighted by Crippen LogP contribution is 2.26. The molecular weight excluding hydrogens is 369 g/mol. The summed E-state index contributed by atoms with van der Waals surface area (Å²) >= 11 is 1.31. The van der Waals surface area contributed by atoms with E-state index in [1.807, 2.05) is 0 Å². The normalized spacial score (nSPS) is 17.2. The Morgan fingerprint density at radius 3 is 2.54 bits per heavy atom. The number of rotatable bonds is 4. The van der Waals surface area contributed by atoms with E-state index in [-0.39, 0.29) is 17.6 Å². The van der Waals surface area contributed by atoms with E-state index in [4.69, 9.17) is 0 Å². The molecule has 0 spiro atoms. The molecule has 0 bridgehead atoms. The van der Waals surface area contributed by atoms with E-state index in [9.17, 15) is 22.8 Å². The minimum absolute atomic E-state index is 0.188. The zero-order valence-corrected chi connectivity index (χ0v) is 14.3. The van der Waals surface area contributed by atoms with Gasteiger partial charge in [0.15, 0.2) is 0 Å². The largest absolute Gasteiger partial charge is 0.573 e. The summed E-state index contributed by atoms with van der Waals surface area (Å²) in [6.07, 6.45) is -3.51. The van der Waals surface area contributed by atoms with Crippen molar-refractivity contribution in [2.75, 3.05) is 11.9 Å². The zero-order chi connectivity index (χ0) is 18.7. The predicted molar refractivity (Wildman–Crippen MR) is 90.1 cm³/mol. The maximum absolute atomic E-state index is 12.5. The van der Waals surface area contributed by atoms with Gasteiger partial charge in [-0.05, 0) is 48.6 Å². The van der Waals surface area contributed by atoms with E-state index >= 15 is 0 Å². The summed E-state index contributed by atoms with van der Waals surface area (Å²) in [4.78, 5) is 27.1. The van der Waals surface area contributed by atoms with Crippen LogP contribution in [0.25, 0.3) is 0 Å². The van der Waals surface area contributed by atoms with Crippen molar-refractivity contribution in [3.63, 3.8) is 0 Å². The Hall–Kier alpha value is -2.55. The molecule has 26 heavy (non-hydrogen) atoms. The average Bonchev–Trinajstić information content (AvgIpc) is 3.26. The van der Waals surface area contributed by atoms with Crippen LogP contribution >= 0.6 is 11.3 Å². The number of anilines is 1. The van der Waals surface area contributed by atoms with Gasteiger partial charge in [0, 0.05) is 12.2 Å². The number of nitrogens with one attached hydrogen (secondary N) is 1. The van der Waals surface area contributed by atoms with Gasteiger partial charge in [-0.25, -0.2) is 0 Å². The maximum atomic E-state index is 12.5. The highest BCUT2D eigenvalue weighted by atomic mass is 32.1. The molecule has 1 N–H and O–H groups in total. The van der Waals surface area contributed by atoms with Crippen molar-refractivity contribution in [2.45, 2.75) is 25.2 Å². The SMILES string of the molecule is O=C(Nc1ccc(OC(F)(F)F)cc1)[C@@H]1CCCN1C(=O)c1cccs1. The Labute approximate surface area is 151 Å². The fourth-order valence-electron chi connectivity index (χ4n) is 2.79. The minimum atomic E-state index is -4.77. The first-order valence-corrected chi connectivity index (χ1v) is 8.72. The second-order valence-electron chi connectivity index (χ2n) is 5.70. The van der Waals surface area contributed by atoms with Gasteiger partial charge in [0.25, 0.3) is 5.91 Å². The van der Waals surface area contributed by atoms with Crippen molar-refractivity contribution in [2.24, 2.45) is 0 Å². The molecule has 1 saturated heterocycles. The number of carbonyl (C=O) groups excluding carboxylic acids is 2. The Morgan fingerprint density at radius 2 is 1.92 bits per heavy atom. The van der Waals surface area contributed by atoms with Crippen LogP contribution in [0.1, 0.15) is 22.5 Å². The summed E-state index contributed by atoms with van der Waals surface area (Å²) in [7, 11) is 0. The van der Waals surface area contributed by atoms with E-state index in [0.717, 1.165) is 12.1 Å². The smallest absolute Gasteiger partial charge is 0.406 e. The molecule has 3 rings (SSSR count). The number of halogens is 3. The molecule has 1 fully saturated rings. The maximum Gasteiger partial charge on any atom is 0.573 e. The van der Waals surface area contributed by atoms with Crippen LogP contribution in [0, 0.1) is 0 Å². The zero-order valence-electron chi connectivity index (χ0n) is 13.5. The van der Waals surface area contributed by atoms with Crippen LogP contribution in [0.15, 0.2) is 41.8 Å². The lowest BCUT2D eigenvalue weighted by Gasteiger charge is -2.23. The minimum Gasteiger partial charge on any atom is -0.406 e. The highest BCUT2D eigenvalue weighted by Gasteiger charge is 2.35. The van der Waals surface area contributed by atoms with Gasteiger partial charge in [0.05, 0.1) is 4.88 Å². The van der Waals surface area contributed by atoms with Crippen LogP contribution in [-0.2, 0) is 4.79 Å². The van der Waals surface area contributed by atoms with Crippen molar-refractivity contribution in [3.8, 4) is 5.75 Å². The van der Waals surface area contributed by atoms with E-state index in [1.54, 1.807) is 17.5 Å². The van der Waals surface area contributed by atoms with Gasteiger partial charge in [-0.1, -0.05) is 6.07 Å². The van der Waals surface area contributed by atoms with Gasteiger partial charge in [-0.15, -0.1) is 24.5 Å². The third kappa shape index (κ3) is 4.34. The topological polar surface area (TPSA) is 58.6 Å². The van der Waals surface area contributed by atoms with Crippen molar-refractivity contribution in [1.82, 2.24) is 4.90 Å². The van der Waals surface area contributed by atoms with Gasteiger partial charge >= 0.3 is 6.36 Å². The van der Waals surface area contributed by atoms with Crippen LogP contribution in [0.2, 0.25) is 0 Å². The fourth-order valence-corrected chi connectivity index (χ4v) is 3.47. The summed E-state index contributed by atoms with van der Waals surface area (Å²) in [6.45, 7) is 0.493. The van der Waals surface area contributed by atoms with Crippen LogP contribution in [0.4, 0.5) is 18.9 Å². The molecule has 0 saturated carbocycles. The van der Waals surface area contributed by atoms with Crippen LogP contribution < -0.4 is 10.1 Å². The number of amides is 2. The number of ether oxygens (including phenoxy) is 1. The number of nitrogens with zero attached hydrogens (tertiary/aromatic N) is 1. The van der Waals surface area contributed by atoms with E-state index < -0.39 is 12.4 Å². The number of alkyl halides is 3. The molecule has 1 atom stereocenters. The molecule has 1 aliphatic heterocycles. The lowest BCUT2D eigenvalue weighted by atomic mass is 10.2. The Kier molecular flexibility index (Phi) is 5.17. The lowest BCUT2D eigenvalue weighted by molar-refractivity contribution is -0.274. The van der Waals surface area contributed by atoms with Crippen LogP contribution in [-0.4, -0.2) is 35.7 Å². The third-order valence-corrected chi connectivity index (χ3v) is 4.76. The molecule has 0 unspecified atom stereocenters. The molecule has 5 nitrogen and oxygen atoms in total. The number of hydrogen-bond acceptors (Lipinski definition) is 4. The average molecular weight is 384 g/mol. The second kappa shape index (κ2) is 7.36.